The molecule has 0 fully saturated rings. The van der Waals surface area contributed by atoms with Crippen molar-refractivity contribution < 1.29 is 8.78 Å². The van der Waals surface area contributed by atoms with Crippen LogP contribution in [0.15, 0.2) is 43.0 Å². The van der Waals surface area contributed by atoms with Crippen LogP contribution >= 0.6 is 11.3 Å². The van der Waals surface area contributed by atoms with Crippen LogP contribution in [0.3, 0.4) is 0 Å². The highest BCUT2D eigenvalue weighted by Crippen LogP contribution is 2.33. The molecule has 0 radical (unpaired) electrons. The average molecular weight is 304 g/mol. The number of rotatable bonds is 3. The second-order valence-electron chi connectivity index (χ2n) is 4.26. The largest absolute Gasteiger partial charge is 0.321 e. The van der Waals surface area contributed by atoms with Gasteiger partial charge >= 0.3 is 0 Å². The van der Waals surface area contributed by atoms with Crippen LogP contribution in [0.25, 0.3) is 10.6 Å². The Kier molecular flexibility index (Phi) is 3.57. The zero-order chi connectivity index (χ0) is 14.8. The number of halogens is 2. The summed E-state index contributed by atoms with van der Waals surface area (Å²) in [7, 11) is 1.81. The highest BCUT2D eigenvalue weighted by Gasteiger charge is 2.14. The number of thiazole rings is 1. The van der Waals surface area contributed by atoms with Gasteiger partial charge in [0.05, 0.1) is 11.1 Å². The molecule has 0 unspecified atom stereocenters. The third kappa shape index (κ3) is 2.73. The van der Waals surface area contributed by atoms with Gasteiger partial charge in [-0.3, -0.25) is 0 Å². The predicted octanol–water partition coefficient (Wildman–Crippen LogP) is 3.65. The van der Waals surface area contributed by atoms with Gasteiger partial charge in [0.25, 0.3) is 0 Å². The van der Waals surface area contributed by atoms with Crippen LogP contribution < -0.4 is 4.90 Å². The van der Waals surface area contributed by atoms with E-state index in [2.05, 4.69) is 15.0 Å². The standard InChI is InChI=1S/C14H10F2N4S/c1-20(10-4-2-9(15)3-5-10)14-18-7-12(21-14)13-11(16)6-17-8-19-13/h2-8H,1H3. The number of aromatic nitrogens is 3. The van der Waals surface area contributed by atoms with E-state index in [0.29, 0.717) is 10.0 Å². The van der Waals surface area contributed by atoms with E-state index in [1.165, 1.54) is 29.8 Å². The summed E-state index contributed by atoms with van der Waals surface area (Å²) in [6, 6.07) is 6.07. The zero-order valence-electron chi connectivity index (χ0n) is 11.0. The van der Waals surface area contributed by atoms with Gasteiger partial charge in [-0.05, 0) is 24.3 Å². The van der Waals surface area contributed by atoms with Crippen LogP contribution in [0.1, 0.15) is 0 Å². The molecule has 0 aliphatic carbocycles. The van der Waals surface area contributed by atoms with Crippen molar-refractivity contribution in [3.8, 4) is 10.6 Å². The minimum absolute atomic E-state index is 0.223. The summed E-state index contributed by atoms with van der Waals surface area (Å²) < 4.78 is 26.6. The molecule has 7 heteroatoms. The lowest BCUT2D eigenvalue weighted by Crippen LogP contribution is -2.08. The summed E-state index contributed by atoms with van der Waals surface area (Å²) in [6.45, 7) is 0. The van der Waals surface area contributed by atoms with Gasteiger partial charge < -0.3 is 4.90 Å². The smallest absolute Gasteiger partial charge is 0.190 e. The Labute approximate surface area is 123 Å². The van der Waals surface area contributed by atoms with Crippen molar-refractivity contribution >= 4 is 22.2 Å². The molecule has 21 heavy (non-hydrogen) atoms. The lowest BCUT2D eigenvalue weighted by atomic mass is 10.3. The van der Waals surface area contributed by atoms with Crippen molar-refractivity contribution in [1.29, 1.82) is 0 Å². The monoisotopic (exact) mass is 304 g/mol. The van der Waals surface area contributed by atoms with E-state index in [1.807, 2.05) is 7.05 Å². The topological polar surface area (TPSA) is 41.9 Å². The summed E-state index contributed by atoms with van der Waals surface area (Å²) >= 11 is 1.30. The van der Waals surface area contributed by atoms with Crippen molar-refractivity contribution in [1.82, 2.24) is 15.0 Å². The predicted molar refractivity (Wildman–Crippen MR) is 77.6 cm³/mol. The molecule has 0 aliphatic rings. The third-order valence-corrected chi connectivity index (χ3v) is 3.98. The van der Waals surface area contributed by atoms with Gasteiger partial charge in [0.15, 0.2) is 10.9 Å². The molecule has 3 aromatic rings. The second kappa shape index (κ2) is 5.53. The van der Waals surface area contributed by atoms with Crippen LogP contribution in [-0.4, -0.2) is 22.0 Å². The molecule has 2 heterocycles. The Hall–Kier alpha value is -2.41. The maximum absolute atomic E-state index is 13.7. The first-order valence-corrected chi connectivity index (χ1v) is 6.88. The van der Waals surface area contributed by atoms with Crippen molar-refractivity contribution in [2.75, 3.05) is 11.9 Å². The van der Waals surface area contributed by atoms with E-state index < -0.39 is 5.82 Å². The molecule has 0 bridgehead atoms. The van der Waals surface area contributed by atoms with Gasteiger partial charge in [-0.1, -0.05) is 11.3 Å². The Bertz CT molecular complexity index is 758. The van der Waals surface area contributed by atoms with Gasteiger partial charge in [0.1, 0.15) is 17.8 Å². The van der Waals surface area contributed by atoms with E-state index in [-0.39, 0.29) is 11.5 Å². The Morgan fingerprint density at radius 1 is 1.05 bits per heavy atom. The fourth-order valence-electron chi connectivity index (χ4n) is 1.80. The van der Waals surface area contributed by atoms with E-state index in [0.717, 1.165) is 11.9 Å². The van der Waals surface area contributed by atoms with Crippen molar-refractivity contribution in [2.24, 2.45) is 0 Å². The van der Waals surface area contributed by atoms with Gasteiger partial charge in [-0.2, -0.15) is 0 Å². The minimum Gasteiger partial charge on any atom is -0.321 e. The maximum Gasteiger partial charge on any atom is 0.190 e. The molecule has 4 nitrogen and oxygen atoms in total. The molecule has 0 saturated heterocycles. The van der Waals surface area contributed by atoms with E-state index >= 15 is 0 Å². The van der Waals surface area contributed by atoms with Crippen molar-refractivity contribution in [3.63, 3.8) is 0 Å². The first kappa shape index (κ1) is 13.6. The zero-order valence-corrected chi connectivity index (χ0v) is 11.8. The molecule has 0 N–H and O–H groups in total. The van der Waals surface area contributed by atoms with Gasteiger partial charge in [0.2, 0.25) is 0 Å². The third-order valence-electron chi connectivity index (χ3n) is 2.90. The highest BCUT2D eigenvalue weighted by atomic mass is 32.1. The van der Waals surface area contributed by atoms with Crippen LogP contribution in [0.5, 0.6) is 0 Å². The fraction of sp³-hybridized carbons (Fsp3) is 0.0714. The lowest BCUT2D eigenvalue weighted by Gasteiger charge is -2.15. The van der Waals surface area contributed by atoms with Gasteiger partial charge in [-0.25, -0.2) is 23.7 Å². The van der Waals surface area contributed by atoms with Crippen LogP contribution in [0.4, 0.5) is 19.6 Å². The normalized spacial score (nSPS) is 10.6. The Balaban J connectivity index is 1.91. The molecular formula is C14H10F2N4S. The Morgan fingerprint density at radius 2 is 1.81 bits per heavy atom. The molecule has 0 amide bonds. The highest BCUT2D eigenvalue weighted by molar-refractivity contribution is 7.18. The number of hydrogen-bond acceptors (Lipinski definition) is 5. The van der Waals surface area contributed by atoms with Crippen molar-refractivity contribution in [3.05, 3.63) is 54.6 Å². The quantitative estimate of drug-likeness (QED) is 0.741. The van der Waals surface area contributed by atoms with Gasteiger partial charge in [0, 0.05) is 18.9 Å². The molecule has 1 aromatic carbocycles. The lowest BCUT2D eigenvalue weighted by molar-refractivity contribution is 0.618. The summed E-state index contributed by atoms with van der Waals surface area (Å²) in [5.41, 5.74) is 1.02. The maximum atomic E-state index is 13.7. The van der Waals surface area contributed by atoms with E-state index in [9.17, 15) is 8.78 Å². The summed E-state index contributed by atoms with van der Waals surface area (Å²) in [5, 5.41) is 0.662. The molecule has 2 aromatic heterocycles. The molecule has 0 spiro atoms. The Morgan fingerprint density at radius 3 is 2.52 bits per heavy atom. The van der Waals surface area contributed by atoms with E-state index in [1.54, 1.807) is 23.2 Å². The second-order valence-corrected chi connectivity index (χ2v) is 5.27. The summed E-state index contributed by atoms with van der Waals surface area (Å²) in [6.07, 6.45) is 3.97. The number of benzene rings is 1. The fourth-order valence-corrected chi connectivity index (χ4v) is 2.70. The first-order valence-electron chi connectivity index (χ1n) is 6.06. The number of hydrogen-bond donors (Lipinski definition) is 0. The molecule has 0 saturated carbocycles. The summed E-state index contributed by atoms with van der Waals surface area (Å²) in [5.74, 6) is -0.785. The summed E-state index contributed by atoms with van der Waals surface area (Å²) in [4.78, 5) is 14.2. The molecular weight excluding hydrogens is 294 g/mol. The minimum atomic E-state index is -0.489. The SMILES string of the molecule is CN(c1ccc(F)cc1)c1ncc(-c2ncncc2F)s1. The van der Waals surface area contributed by atoms with Crippen LogP contribution in [0.2, 0.25) is 0 Å². The van der Waals surface area contributed by atoms with Crippen LogP contribution in [0, 0.1) is 11.6 Å². The van der Waals surface area contributed by atoms with Crippen LogP contribution in [-0.2, 0) is 0 Å². The average Bonchev–Trinajstić information content (AvgIpc) is 2.97. The van der Waals surface area contributed by atoms with Gasteiger partial charge in [-0.15, -0.1) is 0 Å². The number of nitrogens with zero attached hydrogens (tertiary/aromatic N) is 4. The molecule has 106 valence electrons. The van der Waals surface area contributed by atoms with E-state index in [4.69, 9.17) is 0 Å². The number of anilines is 2. The molecule has 0 atom stereocenters. The molecule has 3 rings (SSSR count). The van der Waals surface area contributed by atoms with Crippen molar-refractivity contribution in [2.45, 2.75) is 0 Å². The molecule has 0 aliphatic heterocycles. The first-order chi connectivity index (χ1) is 10.1.